The molecule has 1 aliphatic heterocycles. The van der Waals surface area contributed by atoms with Gasteiger partial charge in [-0.25, -0.2) is 4.79 Å². The van der Waals surface area contributed by atoms with Crippen molar-refractivity contribution in [3.63, 3.8) is 0 Å². The molecule has 0 spiro atoms. The van der Waals surface area contributed by atoms with E-state index in [1.807, 2.05) is 11.9 Å². The summed E-state index contributed by atoms with van der Waals surface area (Å²) in [4.78, 5) is 24.5. The van der Waals surface area contributed by atoms with Gasteiger partial charge in [0.05, 0.1) is 0 Å². The van der Waals surface area contributed by atoms with Crippen molar-refractivity contribution in [2.75, 3.05) is 33.2 Å². The van der Waals surface area contributed by atoms with Crippen LogP contribution in [0, 0.1) is 0 Å². The van der Waals surface area contributed by atoms with E-state index in [1.165, 1.54) is 0 Å². The van der Waals surface area contributed by atoms with Crippen molar-refractivity contribution in [3.05, 3.63) is 0 Å². The van der Waals surface area contributed by atoms with Gasteiger partial charge in [-0.2, -0.15) is 13.2 Å². The van der Waals surface area contributed by atoms with E-state index in [0.29, 0.717) is 13.0 Å². The molecular formula is C11H18F3N3O3. The number of carboxylic acids is 1. The number of hydrogen-bond acceptors (Lipinski definition) is 3. The summed E-state index contributed by atoms with van der Waals surface area (Å²) in [6.45, 7) is -1.14. The Morgan fingerprint density at radius 3 is 2.60 bits per heavy atom. The van der Waals surface area contributed by atoms with Gasteiger partial charge in [-0.1, -0.05) is 0 Å². The smallest absolute Gasteiger partial charge is 0.406 e. The third kappa shape index (κ3) is 6.09. The average Bonchev–Trinajstić information content (AvgIpc) is 2.25. The average molecular weight is 297 g/mol. The third-order valence-electron chi connectivity index (χ3n) is 2.94. The molecule has 1 atom stereocenters. The molecule has 1 aliphatic rings. The number of carbonyl (C=O) groups is 2. The van der Waals surface area contributed by atoms with Crippen LogP contribution in [0.4, 0.5) is 18.0 Å². The van der Waals surface area contributed by atoms with Gasteiger partial charge in [-0.15, -0.1) is 0 Å². The lowest BCUT2D eigenvalue weighted by Crippen LogP contribution is -2.53. The maximum atomic E-state index is 12.3. The van der Waals surface area contributed by atoms with Crippen LogP contribution in [0.3, 0.4) is 0 Å². The van der Waals surface area contributed by atoms with E-state index in [4.69, 9.17) is 5.11 Å². The molecule has 0 radical (unpaired) electrons. The van der Waals surface area contributed by atoms with Crippen LogP contribution in [0.5, 0.6) is 0 Å². The molecule has 1 fully saturated rings. The number of carbonyl (C=O) groups excluding carboxylic acids is 1. The second-order valence-corrected chi connectivity index (χ2v) is 4.92. The maximum absolute atomic E-state index is 12.3. The first-order valence-corrected chi connectivity index (χ1v) is 6.20. The summed E-state index contributed by atoms with van der Waals surface area (Å²) in [5.74, 6) is -1.48. The van der Waals surface area contributed by atoms with Crippen LogP contribution in [0.25, 0.3) is 0 Å². The zero-order chi connectivity index (χ0) is 15.3. The van der Waals surface area contributed by atoms with Crippen LogP contribution in [0.2, 0.25) is 0 Å². The summed E-state index contributed by atoms with van der Waals surface area (Å²) >= 11 is 0. The van der Waals surface area contributed by atoms with Gasteiger partial charge in [-0.05, 0) is 26.4 Å². The van der Waals surface area contributed by atoms with Gasteiger partial charge in [0.1, 0.15) is 13.1 Å². The highest BCUT2D eigenvalue weighted by Gasteiger charge is 2.34. The first kappa shape index (κ1) is 16.5. The van der Waals surface area contributed by atoms with Crippen molar-refractivity contribution in [1.82, 2.24) is 15.1 Å². The Morgan fingerprint density at radius 1 is 1.45 bits per heavy atom. The molecule has 2 amide bonds. The highest BCUT2D eigenvalue weighted by molar-refractivity contribution is 5.80. The van der Waals surface area contributed by atoms with Crippen molar-refractivity contribution in [3.8, 4) is 0 Å². The molecule has 0 bridgehead atoms. The molecule has 0 aliphatic carbocycles. The molecule has 1 saturated heterocycles. The molecular weight excluding hydrogens is 279 g/mol. The summed E-state index contributed by atoms with van der Waals surface area (Å²) in [5, 5.41) is 11.0. The lowest BCUT2D eigenvalue weighted by atomic mass is 10.1. The first-order chi connectivity index (χ1) is 9.17. The zero-order valence-corrected chi connectivity index (χ0v) is 11.1. The molecule has 0 aromatic rings. The van der Waals surface area contributed by atoms with Crippen LogP contribution >= 0.6 is 0 Å². The Labute approximate surface area is 114 Å². The van der Waals surface area contributed by atoms with Crippen LogP contribution in [0.1, 0.15) is 12.8 Å². The van der Waals surface area contributed by atoms with E-state index in [-0.39, 0.29) is 10.9 Å². The fourth-order valence-corrected chi connectivity index (χ4v) is 2.13. The number of carboxylic acid groups (broad SMARTS) is 1. The van der Waals surface area contributed by atoms with E-state index in [9.17, 15) is 22.8 Å². The largest absolute Gasteiger partial charge is 0.480 e. The SMILES string of the molecule is CN1CCCC(NC(=O)N(CC(=O)O)CC(F)(F)F)C1. The number of nitrogens with zero attached hydrogens (tertiary/aromatic N) is 2. The summed E-state index contributed by atoms with van der Waals surface area (Å²) < 4.78 is 37.0. The number of hydrogen-bond donors (Lipinski definition) is 2. The predicted molar refractivity (Wildman–Crippen MR) is 64.3 cm³/mol. The van der Waals surface area contributed by atoms with Crippen LogP contribution in [-0.2, 0) is 4.79 Å². The van der Waals surface area contributed by atoms with Crippen LogP contribution < -0.4 is 5.32 Å². The van der Waals surface area contributed by atoms with E-state index in [2.05, 4.69) is 5.32 Å². The van der Waals surface area contributed by atoms with Gasteiger partial charge >= 0.3 is 18.2 Å². The number of likely N-dealkylation sites (tertiary alicyclic amines) is 1. The second kappa shape index (κ2) is 6.78. The topological polar surface area (TPSA) is 72.9 Å². The van der Waals surface area contributed by atoms with Crippen molar-refractivity contribution >= 4 is 12.0 Å². The summed E-state index contributed by atoms with van der Waals surface area (Å²) in [5.41, 5.74) is 0. The van der Waals surface area contributed by atoms with Gasteiger partial charge in [0.2, 0.25) is 0 Å². The Balaban J connectivity index is 2.60. The number of piperidine rings is 1. The summed E-state index contributed by atoms with van der Waals surface area (Å²) in [7, 11) is 1.85. The van der Waals surface area contributed by atoms with Gasteiger partial charge < -0.3 is 20.2 Å². The number of rotatable bonds is 4. The van der Waals surface area contributed by atoms with Crippen LogP contribution in [0.15, 0.2) is 0 Å². The molecule has 0 aromatic heterocycles. The Morgan fingerprint density at radius 2 is 2.10 bits per heavy atom. The second-order valence-electron chi connectivity index (χ2n) is 4.92. The third-order valence-corrected chi connectivity index (χ3v) is 2.94. The molecule has 1 unspecified atom stereocenters. The molecule has 1 heterocycles. The van der Waals surface area contributed by atoms with Gasteiger partial charge in [0.15, 0.2) is 0 Å². The number of halogens is 3. The number of nitrogens with one attached hydrogen (secondary N) is 1. The number of aliphatic carboxylic acids is 1. The standard InChI is InChI=1S/C11H18F3N3O3/c1-16-4-2-3-8(5-16)15-10(20)17(6-9(18)19)7-11(12,13)14/h8H,2-7H2,1H3,(H,15,20)(H,18,19). The fourth-order valence-electron chi connectivity index (χ4n) is 2.13. The maximum Gasteiger partial charge on any atom is 0.406 e. The first-order valence-electron chi connectivity index (χ1n) is 6.20. The molecule has 116 valence electrons. The van der Waals surface area contributed by atoms with Crippen molar-refractivity contribution in [2.45, 2.75) is 25.1 Å². The van der Waals surface area contributed by atoms with Crippen molar-refractivity contribution < 1.29 is 27.9 Å². The number of likely N-dealkylation sites (N-methyl/N-ethyl adjacent to an activating group) is 1. The zero-order valence-electron chi connectivity index (χ0n) is 11.1. The molecule has 2 N–H and O–H groups in total. The van der Waals surface area contributed by atoms with E-state index in [0.717, 1.165) is 13.0 Å². The number of urea groups is 1. The Bertz CT molecular complexity index is 363. The van der Waals surface area contributed by atoms with Gasteiger partial charge in [-0.3, -0.25) is 4.79 Å². The molecule has 0 aromatic carbocycles. The minimum atomic E-state index is -4.63. The normalized spacial score (nSPS) is 20.5. The minimum Gasteiger partial charge on any atom is -0.480 e. The van der Waals surface area contributed by atoms with Gasteiger partial charge in [0.25, 0.3) is 0 Å². The van der Waals surface area contributed by atoms with E-state index >= 15 is 0 Å². The lowest BCUT2D eigenvalue weighted by Gasteiger charge is -2.32. The molecule has 20 heavy (non-hydrogen) atoms. The highest BCUT2D eigenvalue weighted by atomic mass is 19.4. The minimum absolute atomic E-state index is 0.259. The van der Waals surface area contributed by atoms with E-state index in [1.54, 1.807) is 0 Å². The fraction of sp³-hybridized carbons (Fsp3) is 0.818. The van der Waals surface area contributed by atoms with Crippen molar-refractivity contribution in [2.24, 2.45) is 0 Å². The molecule has 6 nitrogen and oxygen atoms in total. The Kier molecular flexibility index (Phi) is 5.61. The summed E-state index contributed by atoms with van der Waals surface area (Å²) in [6.07, 6.45) is -3.13. The lowest BCUT2D eigenvalue weighted by molar-refractivity contribution is -0.149. The Hall–Kier alpha value is -1.51. The quantitative estimate of drug-likeness (QED) is 0.803. The molecule has 9 heteroatoms. The monoisotopic (exact) mass is 297 g/mol. The van der Waals surface area contributed by atoms with Gasteiger partial charge in [0, 0.05) is 12.6 Å². The predicted octanol–water partition coefficient (Wildman–Crippen LogP) is 0.739. The highest BCUT2D eigenvalue weighted by Crippen LogP contribution is 2.17. The molecule has 0 saturated carbocycles. The summed E-state index contributed by atoms with van der Waals surface area (Å²) in [6, 6.07) is -1.25. The van der Waals surface area contributed by atoms with E-state index < -0.39 is 31.3 Å². The molecule has 1 rings (SSSR count). The number of alkyl halides is 3. The number of amides is 2. The van der Waals surface area contributed by atoms with Crippen LogP contribution in [-0.4, -0.2) is 72.4 Å². The van der Waals surface area contributed by atoms with Crippen molar-refractivity contribution in [1.29, 1.82) is 0 Å².